The van der Waals surface area contributed by atoms with Crippen molar-refractivity contribution < 1.29 is 26.3 Å². The second-order valence-electron chi connectivity index (χ2n) is 3.80. The first-order valence-corrected chi connectivity index (χ1v) is 7.11. The highest BCUT2D eigenvalue weighted by Crippen LogP contribution is 2.16. The number of nitrogens with two attached hydrogens (primary N) is 1. The van der Waals surface area contributed by atoms with Crippen molar-refractivity contribution in [1.82, 2.24) is 14.5 Å². The first-order valence-electron chi connectivity index (χ1n) is 5.63. The molecule has 0 aliphatic rings. The van der Waals surface area contributed by atoms with Gasteiger partial charge in [0.2, 0.25) is 10.0 Å². The van der Waals surface area contributed by atoms with Crippen LogP contribution < -0.4 is 10.5 Å². The molecule has 20 heavy (non-hydrogen) atoms. The summed E-state index contributed by atoms with van der Waals surface area (Å²) < 4.78 is 66.7. The fourth-order valence-corrected chi connectivity index (χ4v) is 2.39. The van der Waals surface area contributed by atoms with E-state index >= 15 is 0 Å². The minimum atomic E-state index is -4.44. The summed E-state index contributed by atoms with van der Waals surface area (Å²) in [4.78, 5) is -0.213. The minimum absolute atomic E-state index is 0.171. The van der Waals surface area contributed by atoms with Gasteiger partial charge in [0.05, 0.1) is 6.61 Å². The molecule has 0 saturated heterocycles. The maximum Gasteiger partial charge on any atom is 0.411 e. The largest absolute Gasteiger partial charge is 0.411 e. The average molecular weight is 316 g/mol. The van der Waals surface area contributed by atoms with Gasteiger partial charge in [0.15, 0.2) is 5.82 Å². The van der Waals surface area contributed by atoms with Crippen molar-refractivity contribution in [2.45, 2.75) is 24.5 Å². The van der Waals surface area contributed by atoms with Gasteiger partial charge in [-0.1, -0.05) is 0 Å². The smallest absolute Gasteiger partial charge is 0.381 e. The van der Waals surface area contributed by atoms with Crippen LogP contribution in [0.4, 0.5) is 19.0 Å². The van der Waals surface area contributed by atoms with Crippen LogP contribution >= 0.6 is 0 Å². The Bertz CT molecular complexity index is 541. The van der Waals surface area contributed by atoms with Crippen molar-refractivity contribution >= 4 is 15.8 Å². The maximum absolute atomic E-state index is 11.8. The summed E-state index contributed by atoms with van der Waals surface area (Å²) in [6, 6.07) is 0. The molecule has 0 unspecified atom stereocenters. The first kappa shape index (κ1) is 16.7. The highest BCUT2D eigenvalue weighted by molar-refractivity contribution is 7.89. The van der Waals surface area contributed by atoms with E-state index in [1.807, 2.05) is 0 Å². The lowest BCUT2D eigenvalue weighted by Crippen LogP contribution is -2.29. The topological polar surface area (TPSA) is 99.2 Å². The van der Waals surface area contributed by atoms with Crippen LogP contribution in [0.25, 0.3) is 0 Å². The minimum Gasteiger partial charge on any atom is -0.381 e. The van der Waals surface area contributed by atoms with E-state index in [-0.39, 0.29) is 17.3 Å². The fraction of sp³-hybridized carbons (Fsp3) is 0.667. The number of nitrogen functional groups attached to an aromatic ring is 1. The van der Waals surface area contributed by atoms with E-state index in [2.05, 4.69) is 14.6 Å². The second-order valence-corrected chi connectivity index (χ2v) is 5.54. The van der Waals surface area contributed by atoms with E-state index in [1.165, 1.54) is 10.9 Å². The summed E-state index contributed by atoms with van der Waals surface area (Å²) in [6.07, 6.45) is -3.19. The molecular formula is C9H15F3N4O3S. The van der Waals surface area contributed by atoms with Crippen LogP contribution in [-0.2, 0) is 21.3 Å². The van der Waals surface area contributed by atoms with E-state index in [0.717, 1.165) is 0 Å². The van der Waals surface area contributed by atoms with Crippen molar-refractivity contribution in [3.63, 3.8) is 0 Å². The van der Waals surface area contributed by atoms with Crippen molar-refractivity contribution in [3.8, 4) is 0 Å². The average Bonchev–Trinajstić information content (AvgIpc) is 2.69. The molecule has 1 aromatic heterocycles. The fourth-order valence-electron chi connectivity index (χ4n) is 1.30. The van der Waals surface area contributed by atoms with Crippen molar-refractivity contribution in [1.29, 1.82) is 0 Å². The molecule has 0 aliphatic heterocycles. The third kappa shape index (κ3) is 4.98. The Hall–Kier alpha value is -1.33. The van der Waals surface area contributed by atoms with Gasteiger partial charge < -0.3 is 10.5 Å². The molecular weight excluding hydrogens is 301 g/mol. The lowest BCUT2D eigenvalue weighted by Gasteiger charge is -2.08. The Morgan fingerprint density at radius 3 is 2.65 bits per heavy atom. The number of hydrogen-bond acceptors (Lipinski definition) is 5. The molecule has 1 rings (SSSR count). The Morgan fingerprint density at radius 2 is 2.15 bits per heavy atom. The summed E-state index contributed by atoms with van der Waals surface area (Å²) >= 11 is 0. The molecule has 0 radical (unpaired) electrons. The molecule has 0 aromatic carbocycles. The zero-order chi connectivity index (χ0) is 15.4. The van der Waals surface area contributed by atoms with Gasteiger partial charge in [0.1, 0.15) is 11.5 Å². The van der Waals surface area contributed by atoms with Crippen LogP contribution in [0.2, 0.25) is 0 Å². The summed E-state index contributed by atoms with van der Waals surface area (Å²) in [5, 5.41) is 3.77. The molecule has 1 heterocycles. The van der Waals surface area contributed by atoms with Crippen molar-refractivity contribution in [3.05, 3.63) is 6.20 Å². The lowest BCUT2D eigenvalue weighted by atomic mass is 10.6. The normalized spacial score (nSPS) is 12.8. The Labute approximate surface area is 113 Å². The van der Waals surface area contributed by atoms with Crippen LogP contribution in [-0.4, -0.2) is 44.1 Å². The molecule has 0 aliphatic carbocycles. The van der Waals surface area contributed by atoms with Crippen molar-refractivity contribution in [2.24, 2.45) is 0 Å². The molecule has 3 N–H and O–H groups in total. The van der Waals surface area contributed by atoms with E-state index in [0.29, 0.717) is 6.54 Å². The van der Waals surface area contributed by atoms with E-state index < -0.39 is 29.4 Å². The van der Waals surface area contributed by atoms with Gasteiger partial charge in [-0.2, -0.15) is 18.3 Å². The van der Waals surface area contributed by atoms with Gasteiger partial charge in [-0.25, -0.2) is 13.1 Å². The van der Waals surface area contributed by atoms with Gasteiger partial charge in [0.25, 0.3) is 0 Å². The molecule has 0 bridgehead atoms. The molecule has 0 atom stereocenters. The van der Waals surface area contributed by atoms with E-state index in [9.17, 15) is 21.6 Å². The number of nitrogens with one attached hydrogen (secondary N) is 1. The number of sulfonamides is 1. The number of alkyl halides is 3. The van der Waals surface area contributed by atoms with Gasteiger partial charge in [-0.05, 0) is 6.92 Å². The number of anilines is 1. The molecule has 0 saturated carbocycles. The number of rotatable bonds is 7. The number of ether oxygens (including phenoxy) is 1. The first-order chi connectivity index (χ1) is 9.15. The highest BCUT2D eigenvalue weighted by atomic mass is 32.2. The Balaban J connectivity index is 2.51. The lowest BCUT2D eigenvalue weighted by molar-refractivity contribution is -0.173. The van der Waals surface area contributed by atoms with Crippen molar-refractivity contribution in [2.75, 3.05) is 25.5 Å². The second kappa shape index (κ2) is 6.41. The Morgan fingerprint density at radius 1 is 1.50 bits per heavy atom. The molecule has 116 valence electrons. The quantitative estimate of drug-likeness (QED) is 0.707. The number of nitrogens with zero attached hydrogens (tertiary/aromatic N) is 2. The monoisotopic (exact) mass is 316 g/mol. The third-order valence-corrected chi connectivity index (χ3v) is 3.65. The zero-order valence-corrected chi connectivity index (χ0v) is 11.5. The van der Waals surface area contributed by atoms with E-state index in [4.69, 9.17) is 5.73 Å². The summed E-state index contributed by atoms with van der Waals surface area (Å²) in [6.45, 7) is 0.0655. The van der Waals surface area contributed by atoms with Gasteiger partial charge in [-0.15, -0.1) is 0 Å². The number of hydrogen-bond donors (Lipinski definition) is 2. The third-order valence-electron chi connectivity index (χ3n) is 2.17. The number of halogens is 3. The van der Waals surface area contributed by atoms with Crippen LogP contribution in [0.3, 0.4) is 0 Å². The summed E-state index contributed by atoms with van der Waals surface area (Å²) in [5.74, 6) is -0.171. The predicted molar refractivity (Wildman–Crippen MR) is 64.4 cm³/mol. The number of aryl methyl sites for hydroxylation is 1. The standard InChI is InChI=1S/C9H15F3N4O3S/c1-2-16-5-7(8(13)15-16)20(17,18)14-3-4-19-6-9(10,11)12/h5,14H,2-4,6H2,1H3,(H2,13,15). The van der Waals surface area contributed by atoms with Crippen LogP contribution in [0, 0.1) is 0 Å². The molecule has 0 spiro atoms. The predicted octanol–water partition coefficient (Wildman–Crippen LogP) is 0.342. The van der Waals surface area contributed by atoms with Crippen LogP contribution in [0.1, 0.15) is 6.92 Å². The summed E-state index contributed by atoms with van der Waals surface area (Å²) in [5.41, 5.74) is 5.46. The summed E-state index contributed by atoms with van der Waals surface area (Å²) in [7, 11) is -3.92. The SMILES string of the molecule is CCn1cc(S(=O)(=O)NCCOCC(F)(F)F)c(N)n1. The molecule has 1 aromatic rings. The van der Waals surface area contributed by atoms with Crippen LogP contribution in [0.15, 0.2) is 11.1 Å². The zero-order valence-electron chi connectivity index (χ0n) is 10.6. The number of aromatic nitrogens is 2. The molecule has 0 amide bonds. The maximum atomic E-state index is 11.8. The highest BCUT2D eigenvalue weighted by Gasteiger charge is 2.27. The molecule has 11 heteroatoms. The molecule has 7 nitrogen and oxygen atoms in total. The van der Waals surface area contributed by atoms with Crippen LogP contribution in [0.5, 0.6) is 0 Å². The van der Waals surface area contributed by atoms with E-state index in [1.54, 1.807) is 6.92 Å². The van der Waals surface area contributed by atoms with Gasteiger partial charge >= 0.3 is 6.18 Å². The molecule has 0 fully saturated rings. The Kier molecular flexibility index (Phi) is 5.36. The van der Waals surface area contributed by atoms with Gasteiger partial charge in [0, 0.05) is 19.3 Å². The van der Waals surface area contributed by atoms with Gasteiger partial charge in [-0.3, -0.25) is 4.68 Å².